The summed E-state index contributed by atoms with van der Waals surface area (Å²) < 4.78 is 64.7. The lowest BCUT2D eigenvalue weighted by Crippen LogP contribution is -2.27. The van der Waals surface area contributed by atoms with E-state index < -0.39 is 21.9 Å². The first-order valence-corrected chi connectivity index (χ1v) is 11.6. The minimum Gasteiger partial charge on any atom is -0.234 e. The van der Waals surface area contributed by atoms with Crippen LogP contribution in [0, 0.1) is 12.8 Å². The van der Waals surface area contributed by atoms with Crippen molar-refractivity contribution in [2.24, 2.45) is 5.92 Å². The van der Waals surface area contributed by atoms with Crippen LogP contribution in [0.1, 0.15) is 67.4 Å². The standard InChI is InChI=1S/C19H24F3N3O2S/c1-12-9-17(14-3-2-8-28(26,27)11-14)25-18(23-12)10-16(24-25)13-4-6-15(7-5-13)19(20,21)22/h9-10,13-15H,2-8,11H2,1H3. The summed E-state index contributed by atoms with van der Waals surface area (Å²) >= 11 is 0. The first-order chi connectivity index (χ1) is 13.1. The van der Waals surface area contributed by atoms with Gasteiger partial charge in [-0.25, -0.2) is 17.9 Å². The van der Waals surface area contributed by atoms with Crippen LogP contribution in [0.5, 0.6) is 0 Å². The van der Waals surface area contributed by atoms with Crippen LogP contribution >= 0.6 is 0 Å². The zero-order valence-corrected chi connectivity index (χ0v) is 16.6. The summed E-state index contributed by atoms with van der Waals surface area (Å²) in [4.78, 5) is 4.51. The van der Waals surface area contributed by atoms with Gasteiger partial charge >= 0.3 is 6.18 Å². The van der Waals surface area contributed by atoms with E-state index in [2.05, 4.69) is 10.1 Å². The van der Waals surface area contributed by atoms with Crippen LogP contribution in [0.2, 0.25) is 0 Å². The summed E-state index contributed by atoms with van der Waals surface area (Å²) in [6.45, 7) is 1.86. The molecule has 0 radical (unpaired) electrons. The van der Waals surface area contributed by atoms with Gasteiger partial charge < -0.3 is 0 Å². The fourth-order valence-corrected chi connectivity index (χ4v) is 6.33. The van der Waals surface area contributed by atoms with Gasteiger partial charge in [-0.15, -0.1) is 0 Å². The van der Waals surface area contributed by atoms with Gasteiger partial charge in [0.25, 0.3) is 0 Å². The summed E-state index contributed by atoms with van der Waals surface area (Å²) in [5.41, 5.74) is 3.03. The molecule has 1 saturated heterocycles. The van der Waals surface area contributed by atoms with Crippen molar-refractivity contribution < 1.29 is 21.6 Å². The number of sulfone groups is 1. The molecule has 0 amide bonds. The van der Waals surface area contributed by atoms with Crippen LogP contribution in [-0.2, 0) is 9.84 Å². The third-order valence-electron chi connectivity index (χ3n) is 6.09. The van der Waals surface area contributed by atoms with E-state index in [0.29, 0.717) is 24.9 Å². The van der Waals surface area contributed by atoms with Crippen molar-refractivity contribution in [2.45, 2.75) is 63.5 Å². The Morgan fingerprint density at radius 2 is 1.79 bits per heavy atom. The van der Waals surface area contributed by atoms with Crippen molar-refractivity contribution in [1.82, 2.24) is 14.6 Å². The fourth-order valence-electron chi connectivity index (χ4n) is 4.61. The van der Waals surface area contributed by atoms with Crippen molar-refractivity contribution in [1.29, 1.82) is 0 Å². The molecule has 2 aromatic rings. The van der Waals surface area contributed by atoms with Crippen LogP contribution in [0.4, 0.5) is 13.2 Å². The lowest BCUT2D eigenvalue weighted by molar-refractivity contribution is -0.182. The molecular formula is C19H24F3N3O2S. The number of halogens is 3. The molecule has 2 aromatic heterocycles. The maximum Gasteiger partial charge on any atom is 0.391 e. The van der Waals surface area contributed by atoms with E-state index >= 15 is 0 Å². The van der Waals surface area contributed by atoms with E-state index in [9.17, 15) is 21.6 Å². The van der Waals surface area contributed by atoms with Crippen LogP contribution in [0.25, 0.3) is 5.65 Å². The largest absolute Gasteiger partial charge is 0.391 e. The van der Waals surface area contributed by atoms with Crippen LogP contribution < -0.4 is 0 Å². The monoisotopic (exact) mass is 415 g/mol. The number of alkyl halides is 3. The van der Waals surface area contributed by atoms with Crippen molar-refractivity contribution in [3.8, 4) is 0 Å². The third-order valence-corrected chi connectivity index (χ3v) is 7.91. The van der Waals surface area contributed by atoms with Gasteiger partial charge in [0.05, 0.1) is 28.8 Å². The highest BCUT2D eigenvalue weighted by atomic mass is 32.2. The fraction of sp³-hybridized carbons (Fsp3) is 0.684. The summed E-state index contributed by atoms with van der Waals surface area (Å²) in [5.74, 6) is -1.02. The lowest BCUT2D eigenvalue weighted by atomic mass is 9.80. The Labute approximate surface area is 162 Å². The maximum absolute atomic E-state index is 12.9. The second kappa shape index (κ2) is 7.00. The first kappa shape index (κ1) is 19.7. The van der Waals surface area contributed by atoms with Gasteiger partial charge in [0.15, 0.2) is 15.5 Å². The van der Waals surface area contributed by atoms with Gasteiger partial charge in [-0.3, -0.25) is 0 Å². The van der Waals surface area contributed by atoms with Crippen LogP contribution in [0.15, 0.2) is 12.1 Å². The molecule has 0 bridgehead atoms. The molecule has 5 nitrogen and oxygen atoms in total. The quantitative estimate of drug-likeness (QED) is 0.739. The summed E-state index contributed by atoms with van der Waals surface area (Å²) in [5, 5.41) is 4.67. The van der Waals surface area contributed by atoms with Gasteiger partial charge in [0.1, 0.15) is 0 Å². The Kier molecular flexibility index (Phi) is 4.92. The SMILES string of the molecule is Cc1cc(C2CCCS(=O)(=O)C2)n2nc(C3CCC(C(F)(F)F)CC3)cc2n1. The molecule has 0 N–H and O–H groups in total. The molecule has 0 spiro atoms. The smallest absolute Gasteiger partial charge is 0.234 e. The van der Waals surface area contributed by atoms with E-state index in [-0.39, 0.29) is 36.2 Å². The summed E-state index contributed by atoms with van der Waals surface area (Å²) in [7, 11) is -3.06. The van der Waals surface area contributed by atoms with Crippen molar-refractivity contribution in [2.75, 3.05) is 11.5 Å². The van der Waals surface area contributed by atoms with Crippen LogP contribution in [-0.4, -0.2) is 40.7 Å². The van der Waals surface area contributed by atoms with Gasteiger partial charge in [0, 0.05) is 23.6 Å². The second-order valence-corrected chi connectivity index (χ2v) is 10.4. The molecule has 3 heterocycles. The molecule has 9 heteroatoms. The second-order valence-electron chi connectivity index (χ2n) is 8.21. The minimum absolute atomic E-state index is 0.0106. The molecule has 2 fully saturated rings. The molecule has 2 aliphatic rings. The predicted molar refractivity (Wildman–Crippen MR) is 99.1 cm³/mol. The van der Waals surface area contributed by atoms with Gasteiger partial charge in [-0.1, -0.05) is 0 Å². The van der Waals surface area contributed by atoms with Gasteiger partial charge in [-0.2, -0.15) is 18.3 Å². The number of nitrogens with zero attached hydrogens (tertiary/aromatic N) is 3. The average Bonchev–Trinajstić information content (AvgIpc) is 3.03. The molecule has 0 aromatic carbocycles. The Morgan fingerprint density at radius 1 is 1.07 bits per heavy atom. The molecule has 154 valence electrons. The molecule has 1 aliphatic carbocycles. The average molecular weight is 415 g/mol. The Hall–Kier alpha value is -1.64. The Bertz CT molecular complexity index is 976. The summed E-state index contributed by atoms with van der Waals surface area (Å²) in [6, 6.07) is 3.74. The molecule has 1 unspecified atom stereocenters. The van der Waals surface area contributed by atoms with Crippen molar-refractivity contribution >= 4 is 15.5 Å². The Balaban J connectivity index is 1.63. The predicted octanol–water partition coefficient (Wildman–Crippen LogP) is 4.17. The van der Waals surface area contributed by atoms with E-state index in [4.69, 9.17) is 0 Å². The molecule has 1 saturated carbocycles. The molecule has 28 heavy (non-hydrogen) atoms. The van der Waals surface area contributed by atoms with Gasteiger partial charge in [0.2, 0.25) is 0 Å². The zero-order valence-electron chi connectivity index (χ0n) is 15.7. The normalized spacial score (nSPS) is 28.5. The maximum atomic E-state index is 12.9. The first-order valence-electron chi connectivity index (χ1n) is 9.77. The van der Waals surface area contributed by atoms with Crippen molar-refractivity contribution in [3.05, 3.63) is 29.2 Å². The third kappa shape index (κ3) is 3.90. The zero-order chi connectivity index (χ0) is 20.1. The highest BCUT2D eigenvalue weighted by molar-refractivity contribution is 7.91. The number of rotatable bonds is 2. The molecule has 4 rings (SSSR count). The molecular weight excluding hydrogens is 391 g/mol. The summed E-state index contributed by atoms with van der Waals surface area (Å²) in [6.07, 6.45) is -1.54. The topological polar surface area (TPSA) is 64.3 Å². The lowest BCUT2D eigenvalue weighted by Gasteiger charge is -2.28. The van der Waals surface area contributed by atoms with Crippen molar-refractivity contribution in [3.63, 3.8) is 0 Å². The molecule has 1 aliphatic heterocycles. The number of hydrogen-bond donors (Lipinski definition) is 0. The Morgan fingerprint density at radius 3 is 2.43 bits per heavy atom. The van der Waals surface area contributed by atoms with E-state index in [1.54, 1.807) is 4.52 Å². The van der Waals surface area contributed by atoms with E-state index in [1.807, 2.05) is 19.1 Å². The van der Waals surface area contributed by atoms with Crippen LogP contribution in [0.3, 0.4) is 0 Å². The minimum atomic E-state index is -4.12. The number of hydrogen-bond acceptors (Lipinski definition) is 4. The van der Waals surface area contributed by atoms with Gasteiger partial charge in [-0.05, 0) is 51.5 Å². The number of aryl methyl sites for hydroxylation is 1. The van der Waals surface area contributed by atoms with E-state index in [1.165, 1.54) is 0 Å². The molecule has 1 atom stereocenters. The highest BCUT2D eigenvalue weighted by Crippen LogP contribution is 2.42. The van der Waals surface area contributed by atoms with E-state index in [0.717, 1.165) is 23.5 Å². The number of aromatic nitrogens is 3. The highest BCUT2D eigenvalue weighted by Gasteiger charge is 2.42. The number of fused-ring (bicyclic) bond motifs is 1.